The summed E-state index contributed by atoms with van der Waals surface area (Å²) in [4.78, 5) is 2.31. The van der Waals surface area contributed by atoms with Crippen LogP contribution in [0.2, 0.25) is 0 Å². The van der Waals surface area contributed by atoms with Crippen molar-refractivity contribution in [3.8, 4) is 11.5 Å². The number of rotatable bonds is 7. The third kappa shape index (κ3) is 4.11. The van der Waals surface area contributed by atoms with Gasteiger partial charge < -0.3 is 19.7 Å². The lowest BCUT2D eigenvalue weighted by atomic mass is 10.0. The van der Waals surface area contributed by atoms with Gasteiger partial charge in [-0.3, -0.25) is 0 Å². The second-order valence-corrected chi connectivity index (χ2v) is 4.98. The lowest BCUT2D eigenvalue weighted by Gasteiger charge is -2.28. The zero-order valence-corrected chi connectivity index (χ0v) is 12.9. The quantitative estimate of drug-likeness (QED) is 0.821. The van der Waals surface area contributed by atoms with Crippen LogP contribution in [0.15, 0.2) is 18.2 Å². The van der Waals surface area contributed by atoms with Crippen molar-refractivity contribution in [3.05, 3.63) is 23.8 Å². The standard InChI is InChI=1S/C15H26N2O2/c1-11(2)17(4)10-14(16-3)13-8-7-12(18-5)9-15(13)19-6/h7-9,11,14,16H,10H2,1-6H3. The number of hydrogen-bond donors (Lipinski definition) is 1. The minimum absolute atomic E-state index is 0.230. The van der Waals surface area contributed by atoms with Crippen molar-refractivity contribution < 1.29 is 9.47 Å². The van der Waals surface area contributed by atoms with Gasteiger partial charge in [0.1, 0.15) is 11.5 Å². The van der Waals surface area contributed by atoms with Crippen molar-refractivity contribution in [3.63, 3.8) is 0 Å². The molecule has 0 heterocycles. The average molecular weight is 266 g/mol. The molecule has 0 aliphatic carbocycles. The summed E-state index contributed by atoms with van der Waals surface area (Å²) < 4.78 is 10.7. The predicted octanol–water partition coefficient (Wildman–Crippen LogP) is 2.30. The van der Waals surface area contributed by atoms with E-state index < -0.39 is 0 Å². The summed E-state index contributed by atoms with van der Waals surface area (Å²) in [5, 5.41) is 3.35. The SMILES string of the molecule is CNC(CN(C)C(C)C)c1ccc(OC)cc1OC. The van der Waals surface area contributed by atoms with E-state index in [0.717, 1.165) is 23.6 Å². The minimum atomic E-state index is 0.230. The minimum Gasteiger partial charge on any atom is -0.497 e. The molecule has 108 valence electrons. The molecule has 1 aromatic carbocycles. The summed E-state index contributed by atoms with van der Waals surface area (Å²) in [5.74, 6) is 1.67. The van der Waals surface area contributed by atoms with E-state index >= 15 is 0 Å². The van der Waals surface area contributed by atoms with Crippen molar-refractivity contribution in [2.45, 2.75) is 25.9 Å². The van der Waals surface area contributed by atoms with E-state index in [1.54, 1.807) is 14.2 Å². The van der Waals surface area contributed by atoms with Crippen molar-refractivity contribution in [2.75, 3.05) is 34.9 Å². The van der Waals surface area contributed by atoms with Gasteiger partial charge in [-0.1, -0.05) is 6.07 Å². The molecule has 0 aliphatic rings. The highest BCUT2D eigenvalue weighted by atomic mass is 16.5. The Balaban J connectivity index is 2.97. The molecule has 0 saturated carbocycles. The summed E-state index contributed by atoms with van der Waals surface area (Å²) in [7, 11) is 7.46. The van der Waals surface area contributed by atoms with E-state index in [4.69, 9.17) is 9.47 Å². The highest BCUT2D eigenvalue weighted by Gasteiger charge is 2.18. The summed E-state index contributed by atoms with van der Waals surface area (Å²) in [5.41, 5.74) is 1.15. The van der Waals surface area contributed by atoms with Gasteiger partial charge in [0.05, 0.1) is 14.2 Å². The van der Waals surface area contributed by atoms with E-state index in [-0.39, 0.29) is 6.04 Å². The molecule has 19 heavy (non-hydrogen) atoms. The molecular weight excluding hydrogens is 240 g/mol. The molecule has 4 nitrogen and oxygen atoms in total. The van der Waals surface area contributed by atoms with Crippen LogP contribution in [0.5, 0.6) is 11.5 Å². The molecule has 1 rings (SSSR count). The van der Waals surface area contributed by atoms with Crippen LogP contribution in [-0.4, -0.2) is 45.8 Å². The van der Waals surface area contributed by atoms with Crippen molar-refractivity contribution in [1.82, 2.24) is 10.2 Å². The molecule has 0 aromatic heterocycles. The number of benzene rings is 1. The molecule has 0 amide bonds. The van der Waals surface area contributed by atoms with Crippen molar-refractivity contribution in [1.29, 1.82) is 0 Å². The third-order valence-corrected chi connectivity index (χ3v) is 3.52. The molecule has 0 radical (unpaired) electrons. The van der Waals surface area contributed by atoms with Crippen LogP contribution in [0, 0.1) is 0 Å². The maximum absolute atomic E-state index is 5.47. The molecule has 0 bridgehead atoms. The van der Waals surface area contributed by atoms with Gasteiger partial charge in [0, 0.05) is 30.3 Å². The number of nitrogens with zero attached hydrogens (tertiary/aromatic N) is 1. The van der Waals surface area contributed by atoms with Crippen molar-refractivity contribution in [2.24, 2.45) is 0 Å². The maximum atomic E-state index is 5.47. The van der Waals surface area contributed by atoms with Crippen LogP contribution in [0.25, 0.3) is 0 Å². The molecule has 0 aliphatic heterocycles. The molecule has 1 unspecified atom stereocenters. The Labute approximate surface area is 116 Å². The number of likely N-dealkylation sites (N-methyl/N-ethyl adjacent to an activating group) is 2. The lowest BCUT2D eigenvalue weighted by Crippen LogP contribution is -2.35. The zero-order valence-electron chi connectivity index (χ0n) is 12.9. The van der Waals surface area contributed by atoms with Gasteiger partial charge in [-0.25, -0.2) is 0 Å². The fraction of sp³-hybridized carbons (Fsp3) is 0.600. The monoisotopic (exact) mass is 266 g/mol. The highest BCUT2D eigenvalue weighted by molar-refractivity contribution is 5.42. The molecule has 4 heteroatoms. The highest BCUT2D eigenvalue weighted by Crippen LogP contribution is 2.29. The number of nitrogens with one attached hydrogen (secondary N) is 1. The van der Waals surface area contributed by atoms with Gasteiger partial charge in [-0.05, 0) is 34.0 Å². The van der Waals surface area contributed by atoms with Crippen LogP contribution in [0.3, 0.4) is 0 Å². The van der Waals surface area contributed by atoms with E-state index in [1.807, 2.05) is 19.2 Å². The van der Waals surface area contributed by atoms with Crippen LogP contribution in [0.1, 0.15) is 25.5 Å². The van der Waals surface area contributed by atoms with Gasteiger partial charge in [0.15, 0.2) is 0 Å². The molecular formula is C15H26N2O2. The Kier molecular flexibility index (Phi) is 6.12. The zero-order chi connectivity index (χ0) is 14.4. The second kappa shape index (κ2) is 7.36. The van der Waals surface area contributed by atoms with Crippen molar-refractivity contribution >= 4 is 0 Å². The van der Waals surface area contributed by atoms with Crippen LogP contribution in [-0.2, 0) is 0 Å². The fourth-order valence-electron chi connectivity index (χ4n) is 1.95. The summed E-state index contributed by atoms with van der Waals surface area (Å²) in [6.07, 6.45) is 0. The van der Waals surface area contributed by atoms with Gasteiger partial charge >= 0.3 is 0 Å². The number of ether oxygens (including phenoxy) is 2. The first kappa shape index (κ1) is 15.8. The topological polar surface area (TPSA) is 33.7 Å². The molecule has 1 atom stereocenters. The second-order valence-electron chi connectivity index (χ2n) is 4.98. The summed E-state index contributed by atoms with van der Waals surface area (Å²) >= 11 is 0. The van der Waals surface area contributed by atoms with Gasteiger partial charge in [0.25, 0.3) is 0 Å². The summed E-state index contributed by atoms with van der Waals surface area (Å²) in [6.45, 7) is 5.31. The van der Waals surface area contributed by atoms with E-state index in [0.29, 0.717) is 6.04 Å². The van der Waals surface area contributed by atoms with Gasteiger partial charge in [0.2, 0.25) is 0 Å². The maximum Gasteiger partial charge on any atom is 0.127 e. The van der Waals surface area contributed by atoms with E-state index in [2.05, 4.69) is 37.2 Å². The number of hydrogen-bond acceptors (Lipinski definition) is 4. The predicted molar refractivity (Wildman–Crippen MR) is 79.1 cm³/mol. The smallest absolute Gasteiger partial charge is 0.127 e. The van der Waals surface area contributed by atoms with E-state index in [1.165, 1.54) is 0 Å². The summed E-state index contributed by atoms with van der Waals surface area (Å²) in [6, 6.07) is 6.70. The van der Waals surface area contributed by atoms with Gasteiger partial charge in [-0.2, -0.15) is 0 Å². The lowest BCUT2D eigenvalue weighted by molar-refractivity contribution is 0.244. The first-order chi connectivity index (χ1) is 9.03. The Bertz CT molecular complexity index is 394. The molecule has 0 fully saturated rings. The largest absolute Gasteiger partial charge is 0.497 e. The third-order valence-electron chi connectivity index (χ3n) is 3.52. The first-order valence-corrected chi connectivity index (χ1v) is 6.62. The number of methoxy groups -OCH3 is 2. The molecule has 1 aromatic rings. The Morgan fingerprint density at radius 2 is 1.89 bits per heavy atom. The Morgan fingerprint density at radius 1 is 1.21 bits per heavy atom. The normalized spacial score (nSPS) is 12.8. The Hall–Kier alpha value is -1.26. The molecule has 0 saturated heterocycles. The van der Waals surface area contributed by atoms with Crippen LogP contribution in [0.4, 0.5) is 0 Å². The van der Waals surface area contributed by atoms with Gasteiger partial charge in [-0.15, -0.1) is 0 Å². The van der Waals surface area contributed by atoms with Crippen LogP contribution < -0.4 is 14.8 Å². The van der Waals surface area contributed by atoms with E-state index in [9.17, 15) is 0 Å². The fourth-order valence-corrected chi connectivity index (χ4v) is 1.95. The van der Waals surface area contributed by atoms with Crippen LogP contribution >= 0.6 is 0 Å². The Morgan fingerprint density at radius 3 is 2.37 bits per heavy atom. The first-order valence-electron chi connectivity index (χ1n) is 6.62. The average Bonchev–Trinajstić information content (AvgIpc) is 2.43. The molecule has 0 spiro atoms. The molecule has 1 N–H and O–H groups in total.